The Labute approximate surface area is 188 Å². The van der Waals surface area contributed by atoms with Gasteiger partial charge < -0.3 is 15.0 Å². The van der Waals surface area contributed by atoms with Crippen molar-refractivity contribution in [1.29, 1.82) is 0 Å². The molecule has 2 aliphatic rings. The van der Waals surface area contributed by atoms with E-state index in [1.807, 2.05) is 4.90 Å². The molecule has 5 rings (SSSR count). The van der Waals surface area contributed by atoms with Gasteiger partial charge in [0.2, 0.25) is 0 Å². The first-order chi connectivity index (χ1) is 15.8. The minimum absolute atomic E-state index is 0.0810. The molecule has 0 radical (unpaired) electrons. The molecule has 1 aliphatic carbocycles. The molecule has 1 saturated carbocycles. The number of anilines is 2. The Hall–Kier alpha value is -3.14. The van der Waals surface area contributed by atoms with Crippen LogP contribution in [0, 0.1) is 0 Å². The van der Waals surface area contributed by atoms with Crippen molar-refractivity contribution in [3.8, 4) is 0 Å². The average molecular weight is 459 g/mol. The van der Waals surface area contributed by atoms with Crippen LogP contribution in [0.5, 0.6) is 0 Å². The quantitative estimate of drug-likeness (QED) is 0.618. The van der Waals surface area contributed by atoms with Crippen LogP contribution in [0.25, 0.3) is 11.0 Å². The highest BCUT2D eigenvalue weighted by molar-refractivity contribution is 5.89. The maximum absolute atomic E-state index is 13.3. The molecule has 3 aromatic rings. The van der Waals surface area contributed by atoms with Crippen LogP contribution in [0.1, 0.15) is 43.0 Å². The molecule has 0 spiro atoms. The number of hydrogen-bond acceptors (Lipinski definition) is 6. The van der Waals surface area contributed by atoms with E-state index >= 15 is 0 Å². The highest BCUT2D eigenvalue weighted by Crippen LogP contribution is 2.38. The van der Waals surface area contributed by atoms with Crippen LogP contribution in [0.3, 0.4) is 0 Å². The summed E-state index contributed by atoms with van der Waals surface area (Å²) in [6, 6.07) is 6.69. The van der Waals surface area contributed by atoms with E-state index in [-0.39, 0.29) is 11.6 Å². The van der Waals surface area contributed by atoms with Gasteiger partial charge in [-0.15, -0.1) is 0 Å². The first-order valence-corrected chi connectivity index (χ1v) is 11.0. The van der Waals surface area contributed by atoms with Crippen molar-refractivity contribution in [3.05, 3.63) is 58.1 Å². The van der Waals surface area contributed by atoms with Crippen molar-refractivity contribution in [1.82, 2.24) is 14.5 Å². The molecule has 7 nitrogen and oxygen atoms in total. The molecule has 0 amide bonds. The Morgan fingerprint density at radius 1 is 1.15 bits per heavy atom. The van der Waals surface area contributed by atoms with Gasteiger partial charge in [0.1, 0.15) is 23.5 Å². The Morgan fingerprint density at radius 2 is 1.91 bits per heavy atom. The van der Waals surface area contributed by atoms with Crippen LogP contribution in [0.2, 0.25) is 0 Å². The summed E-state index contributed by atoms with van der Waals surface area (Å²) in [5, 5.41) is 3.91. The first-order valence-electron chi connectivity index (χ1n) is 11.0. The third-order valence-electron chi connectivity index (χ3n) is 6.14. The van der Waals surface area contributed by atoms with Crippen molar-refractivity contribution in [2.45, 2.75) is 38.0 Å². The Bertz CT molecular complexity index is 1230. The zero-order valence-corrected chi connectivity index (χ0v) is 18.1. The lowest BCUT2D eigenvalue weighted by Crippen LogP contribution is -2.40. The summed E-state index contributed by atoms with van der Waals surface area (Å²) in [5.74, 6) is 0.480. The van der Waals surface area contributed by atoms with Gasteiger partial charge in [-0.05, 0) is 43.5 Å². The summed E-state index contributed by atoms with van der Waals surface area (Å²) in [6.07, 6.45) is -1.20. The van der Waals surface area contributed by atoms with E-state index in [2.05, 4.69) is 15.3 Å². The van der Waals surface area contributed by atoms with E-state index in [1.54, 1.807) is 23.6 Å². The topological polar surface area (TPSA) is 72.3 Å². The fourth-order valence-corrected chi connectivity index (χ4v) is 4.22. The summed E-state index contributed by atoms with van der Waals surface area (Å²) in [7, 11) is 0. The molecule has 1 N–H and O–H groups in total. The van der Waals surface area contributed by atoms with Crippen LogP contribution in [0.4, 0.5) is 24.7 Å². The van der Waals surface area contributed by atoms with E-state index in [0.717, 1.165) is 25.0 Å². The minimum Gasteiger partial charge on any atom is -0.378 e. The summed E-state index contributed by atoms with van der Waals surface area (Å²) >= 11 is 0. The number of benzene rings is 1. The maximum atomic E-state index is 13.3. The maximum Gasteiger partial charge on any atom is 0.416 e. The molecule has 1 aromatic carbocycles. The summed E-state index contributed by atoms with van der Waals surface area (Å²) in [4.78, 5) is 24.1. The summed E-state index contributed by atoms with van der Waals surface area (Å²) in [6.45, 7) is 4.10. The van der Waals surface area contributed by atoms with Gasteiger partial charge in [-0.25, -0.2) is 9.97 Å². The number of pyridine rings is 1. The lowest BCUT2D eigenvalue weighted by atomic mass is 10.0. The molecular formula is C23H24F3N5O2. The predicted octanol–water partition coefficient (Wildman–Crippen LogP) is 4.15. The molecule has 10 heteroatoms. The average Bonchev–Trinajstić information content (AvgIpc) is 3.64. The molecule has 2 aromatic heterocycles. The number of hydrogen-bond donors (Lipinski definition) is 1. The third-order valence-corrected chi connectivity index (χ3v) is 6.14. The number of rotatable bonds is 5. The Morgan fingerprint density at radius 3 is 2.61 bits per heavy atom. The fraction of sp³-hybridized carbons (Fsp3) is 0.435. The highest BCUT2D eigenvalue weighted by Gasteiger charge is 2.32. The number of aromatic nitrogens is 3. The van der Waals surface area contributed by atoms with Crippen LogP contribution < -0.4 is 15.8 Å². The van der Waals surface area contributed by atoms with E-state index in [1.165, 1.54) is 12.4 Å². The van der Waals surface area contributed by atoms with Gasteiger partial charge in [-0.1, -0.05) is 12.1 Å². The van der Waals surface area contributed by atoms with Crippen LogP contribution in [-0.4, -0.2) is 40.8 Å². The molecule has 0 bridgehead atoms. The van der Waals surface area contributed by atoms with Crippen molar-refractivity contribution in [2.24, 2.45) is 0 Å². The van der Waals surface area contributed by atoms with Crippen LogP contribution >= 0.6 is 0 Å². The van der Waals surface area contributed by atoms with E-state index < -0.39 is 17.8 Å². The summed E-state index contributed by atoms with van der Waals surface area (Å²) < 4.78 is 46.7. The Kier molecular flexibility index (Phi) is 5.48. The van der Waals surface area contributed by atoms with Crippen molar-refractivity contribution < 1.29 is 17.9 Å². The first kappa shape index (κ1) is 21.7. The number of nitrogens with zero attached hydrogens (tertiary/aromatic N) is 4. The molecule has 33 heavy (non-hydrogen) atoms. The van der Waals surface area contributed by atoms with E-state index in [0.29, 0.717) is 54.4 Å². The van der Waals surface area contributed by atoms with Crippen molar-refractivity contribution >= 4 is 22.5 Å². The molecule has 3 heterocycles. The smallest absolute Gasteiger partial charge is 0.378 e. The lowest BCUT2D eigenvalue weighted by Gasteiger charge is -2.29. The number of nitrogens with one attached hydrogen (secondary N) is 1. The molecule has 0 unspecified atom stereocenters. The van der Waals surface area contributed by atoms with Gasteiger partial charge in [-0.2, -0.15) is 13.2 Å². The highest BCUT2D eigenvalue weighted by atomic mass is 19.4. The van der Waals surface area contributed by atoms with Gasteiger partial charge >= 0.3 is 6.18 Å². The third kappa shape index (κ3) is 4.27. The predicted molar refractivity (Wildman–Crippen MR) is 119 cm³/mol. The van der Waals surface area contributed by atoms with Gasteiger partial charge in [0.25, 0.3) is 5.56 Å². The largest absolute Gasteiger partial charge is 0.416 e. The Balaban J connectivity index is 1.56. The number of ether oxygens (including phenoxy) is 1. The zero-order chi connectivity index (χ0) is 23.2. The van der Waals surface area contributed by atoms with E-state index in [4.69, 9.17) is 4.74 Å². The fourth-order valence-electron chi connectivity index (χ4n) is 4.22. The van der Waals surface area contributed by atoms with Crippen LogP contribution in [-0.2, 0) is 10.9 Å². The molecule has 1 saturated heterocycles. The standard InChI is InChI=1S/C23H24F3N5O2/c1-14(15-3-2-4-16(11-15)23(24,25)26)29-20-18-12-19(30-7-9-33-10-8-30)22(32)31(17-5-6-17)21(18)28-13-27-20/h2-4,11-14,17H,5-10H2,1H3,(H,27,28,29)/t14-/m1/s1. The lowest BCUT2D eigenvalue weighted by molar-refractivity contribution is -0.137. The second kappa shape index (κ2) is 8.33. The molecule has 2 fully saturated rings. The number of halogens is 3. The van der Waals surface area contributed by atoms with Gasteiger partial charge in [-0.3, -0.25) is 9.36 Å². The monoisotopic (exact) mass is 459 g/mol. The molecule has 1 atom stereocenters. The molecule has 1 aliphatic heterocycles. The number of alkyl halides is 3. The molecule has 174 valence electrons. The zero-order valence-electron chi connectivity index (χ0n) is 18.1. The second-order valence-electron chi connectivity index (χ2n) is 8.48. The van der Waals surface area contributed by atoms with Crippen molar-refractivity contribution in [2.75, 3.05) is 36.5 Å². The van der Waals surface area contributed by atoms with Gasteiger partial charge in [0.15, 0.2) is 0 Å². The minimum atomic E-state index is -4.41. The normalized spacial score (nSPS) is 17.9. The van der Waals surface area contributed by atoms with Crippen LogP contribution in [0.15, 0.2) is 41.5 Å². The SMILES string of the molecule is C[C@@H](Nc1ncnc2c1cc(N1CCOCC1)c(=O)n2C1CC1)c1cccc(C(F)(F)F)c1. The van der Waals surface area contributed by atoms with Gasteiger partial charge in [0.05, 0.1) is 24.2 Å². The second-order valence-corrected chi connectivity index (χ2v) is 8.48. The number of fused-ring (bicyclic) bond motifs is 1. The van der Waals surface area contributed by atoms with Gasteiger partial charge in [0, 0.05) is 25.2 Å². The van der Waals surface area contributed by atoms with Crippen molar-refractivity contribution in [3.63, 3.8) is 0 Å². The summed E-state index contributed by atoms with van der Waals surface area (Å²) in [5.41, 5.74) is 0.817. The number of morpholine rings is 1. The van der Waals surface area contributed by atoms with E-state index in [9.17, 15) is 18.0 Å². The molecular weight excluding hydrogens is 435 g/mol.